The van der Waals surface area contributed by atoms with E-state index in [1.54, 1.807) is 25.3 Å². The Kier molecular flexibility index (Phi) is 7.78. The van der Waals surface area contributed by atoms with Crippen molar-refractivity contribution in [2.45, 2.75) is 34.3 Å². The maximum Gasteiger partial charge on any atom is 0.263 e. The van der Waals surface area contributed by atoms with Crippen LogP contribution in [0.25, 0.3) is 5.13 Å². The van der Waals surface area contributed by atoms with Crippen molar-refractivity contribution in [1.82, 2.24) is 20.0 Å². The molecule has 0 aliphatic carbocycles. The Bertz CT molecular complexity index is 1260. The predicted octanol–water partition coefficient (Wildman–Crippen LogP) is 4.20. The average molecular weight is 467 g/mol. The molecule has 0 saturated carbocycles. The zero-order valence-corrected chi connectivity index (χ0v) is 19.9. The second-order valence-corrected chi connectivity index (χ2v) is 8.20. The molecule has 33 heavy (non-hydrogen) atoms. The largest absolute Gasteiger partial charge is 0.488 e. The molecular formula is C24H26N4O4S. The first-order valence-corrected chi connectivity index (χ1v) is 11.1. The Balaban J connectivity index is 1.72. The zero-order chi connectivity index (χ0) is 24.0. The highest BCUT2D eigenvalue weighted by molar-refractivity contribution is 7.16. The molecule has 1 N–H and O–H groups in total. The topological polar surface area (TPSA) is 99.3 Å². The van der Waals surface area contributed by atoms with Crippen molar-refractivity contribution in [3.05, 3.63) is 92.7 Å². The van der Waals surface area contributed by atoms with Crippen molar-refractivity contribution < 1.29 is 14.1 Å². The van der Waals surface area contributed by atoms with E-state index in [1.165, 1.54) is 10.6 Å². The van der Waals surface area contributed by atoms with Gasteiger partial charge in [-0.25, -0.2) is 4.98 Å². The Morgan fingerprint density at radius 1 is 1.33 bits per heavy atom. The third kappa shape index (κ3) is 5.75. The molecule has 3 heterocycles. The minimum absolute atomic E-state index is 0.250. The zero-order valence-electron chi connectivity index (χ0n) is 19.0. The van der Waals surface area contributed by atoms with Crippen molar-refractivity contribution in [3.8, 4) is 10.9 Å². The first-order valence-electron chi connectivity index (χ1n) is 10.3. The summed E-state index contributed by atoms with van der Waals surface area (Å²) in [6.07, 6.45) is 8.94. The van der Waals surface area contributed by atoms with Gasteiger partial charge in [-0.3, -0.25) is 14.2 Å². The van der Waals surface area contributed by atoms with Crippen molar-refractivity contribution >= 4 is 17.2 Å². The van der Waals surface area contributed by atoms with Gasteiger partial charge < -0.3 is 14.6 Å². The normalized spacial score (nSPS) is 11.7. The highest BCUT2D eigenvalue weighted by atomic mass is 32.1. The maximum absolute atomic E-state index is 12.7. The Labute approximate surface area is 195 Å². The number of nitrogens with one attached hydrogen (secondary N) is 1. The molecule has 8 nitrogen and oxygen atoms in total. The van der Waals surface area contributed by atoms with Crippen LogP contribution in [0.4, 0.5) is 0 Å². The summed E-state index contributed by atoms with van der Waals surface area (Å²) in [5, 5.41) is 7.17. The number of ether oxygens (including phenoxy) is 1. The number of thiazole rings is 1. The smallest absolute Gasteiger partial charge is 0.263 e. The van der Waals surface area contributed by atoms with E-state index in [0.717, 1.165) is 28.2 Å². The summed E-state index contributed by atoms with van der Waals surface area (Å²) < 4.78 is 12.2. The number of carbonyl (C=O) groups excluding carboxylic acids is 1. The van der Waals surface area contributed by atoms with Crippen LogP contribution in [0.2, 0.25) is 0 Å². The van der Waals surface area contributed by atoms with Gasteiger partial charge in [-0.2, -0.15) is 0 Å². The molecule has 0 bridgehead atoms. The van der Waals surface area contributed by atoms with E-state index >= 15 is 0 Å². The van der Waals surface area contributed by atoms with Crippen LogP contribution in [0.15, 0.2) is 64.1 Å². The summed E-state index contributed by atoms with van der Waals surface area (Å²) in [5.74, 6) is 0.853. The van der Waals surface area contributed by atoms with Gasteiger partial charge in [0.15, 0.2) is 5.13 Å². The molecule has 9 heteroatoms. The number of allylic oxidation sites excluding steroid dienone is 3. The number of nitrogens with zero attached hydrogens (tertiary/aromatic N) is 3. The number of aromatic nitrogens is 3. The second kappa shape index (κ2) is 10.7. The predicted molar refractivity (Wildman–Crippen MR) is 128 cm³/mol. The molecule has 1 amide bonds. The lowest BCUT2D eigenvalue weighted by atomic mass is 10.2. The molecule has 0 aliphatic heterocycles. The molecule has 3 aromatic rings. The van der Waals surface area contributed by atoms with Crippen LogP contribution in [-0.4, -0.2) is 27.2 Å². The number of hydrogen-bond donors (Lipinski definition) is 1. The van der Waals surface area contributed by atoms with E-state index in [4.69, 9.17) is 9.26 Å². The molecule has 0 unspecified atom stereocenters. The summed E-state index contributed by atoms with van der Waals surface area (Å²) in [6.45, 7) is 11.7. The van der Waals surface area contributed by atoms with Gasteiger partial charge in [-0.1, -0.05) is 47.4 Å². The van der Waals surface area contributed by atoms with Crippen LogP contribution in [-0.2, 0) is 6.61 Å². The highest BCUT2D eigenvalue weighted by Crippen LogP contribution is 2.22. The van der Waals surface area contributed by atoms with Crippen molar-refractivity contribution in [1.29, 1.82) is 0 Å². The van der Waals surface area contributed by atoms with Gasteiger partial charge in [0.25, 0.3) is 11.5 Å². The molecular weight excluding hydrogens is 440 g/mol. The number of pyridine rings is 1. The van der Waals surface area contributed by atoms with Gasteiger partial charge in [0.05, 0.1) is 17.0 Å². The molecule has 0 atom stereocenters. The minimum atomic E-state index is -0.310. The number of hydrogen-bond acceptors (Lipinski definition) is 7. The van der Waals surface area contributed by atoms with Gasteiger partial charge in [0.1, 0.15) is 23.0 Å². The molecule has 3 aromatic heterocycles. The Morgan fingerprint density at radius 2 is 2.12 bits per heavy atom. The van der Waals surface area contributed by atoms with Gasteiger partial charge in [-0.05, 0) is 39.3 Å². The summed E-state index contributed by atoms with van der Waals surface area (Å²) >= 11 is 1.15. The van der Waals surface area contributed by atoms with Crippen LogP contribution in [0.1, 0.15) is 39.3 Å². The third-order valence-corrected chi connectivity index (χ3v) is 6.03. The summed E-state index contributed by atoms with van der Waals surface area (Å²) in [4.78, 5) is 30.2. The van der Waals surface area contributed by atoms with Crippen LogP contribution in [0, 0.1) is 20.8 Å². The van der Waals surface area contributed by atoms with E-state index in [-0.39, 0.29) is 18.1 Å². The lowest BCUT2D eigenvalue weighted by Gasteiger charge is -2.07. The van der Waals surface area contributed by atoms with Crippen LogP contribution < -0.4 is 15.6 Å². The SMILES string of the molecule is C=C/C(=C\C=C/C)CNC(=O)c1sc(-n2ccc(OCc3c(C)noc3C)cc2=O)nc1C. The summed E-state index contributed by atoms with van der Waals surface area (Å²) in [5.41, 5.74) is 2.73. The monoisotopic (exact) mass is 466 g/mol. The highest BCUT2D eigenvalue weighted by Gasteiger charge is 2.17. The number of amides is 1. The van der Waals surface area contributed by atoms with Crippen molar-refractivity contribution in [2.24, 2.45) is 0 Å². The van der Waals surface area contributed by atoms with Crippen LogP contribution in [0.3, 0.4) is 0 Å². The molecule has 0 saturated heterocycles. The van der Waals surface area contributed by atoms with Crippen LogP contribution >= 0.6 is 11.3 Å². The van der Waals surface area contributed by atoms with Gasteiger partial charge in [0, 0.05) is 18.8 Å². The molecule has 0 aliphatic rings. The van der Waals surface area contributed by atoms with E-state index in [9.17, 15) is 9.59 Å². The minimum Gasteiger partial charge on any atom is -0.488 e. The molecule has 0 spiro atoms. The van der Waals surface area contributed by atoms with Gasteiger partial charge in [-0.15, -0.1) is 0 Å². The van der Waals surface area contributed by atoms with Gasteiger partial charge in [0.2, 0.25) is 0 Å². The molecule has 172 valence electrons. The fourth-order valence-electron chi connectivity index (χ4n) is 2.95. The van der Waals surface area contributed by atoms with E-state index in [0.29, 0.717) is 33.8 Å². The second-order valence-electron chi connectivity index (χ2n) is 7.23. The lowest BCUT2D eigenvalue weighted by molar-refractivity contribution is 0.0960. The fraction of sp³-hybridized carbons (Fsp3) is 0.250. The number of rotatable bonds is 9. The lowest BCUT2D eigenvalue weighted by Crippen LogP contribution is -2.25. The average Bonchev–Trinajstić information content (AvgIpc) is 3.33. The van der Waals surface area contributed by atoms with E-state index < -0.39 is 0 Å². The Morgan fingerprint density at radius 3 is 2.76 bits per heavy atom. The maximum atomic E-state index is 12.7. The first kappa shape index (κ1) is 23.9. The summed E-state index contributed by atoms with van der Waals surface area (Å²) in [7, 11) is 0. The number of carbonyl (C=O) groups is 1. The van der Waals surface area contributed by atoms with Crippen LogP contribution in [0.5, 0.6) is 5.75 Å². The molecule has 0 aromatic carbocycles. The molecule has 3 rings (SSSR count). The number of aryl methyl sites for hydroxylation is 3. The van der Waals surface area contributed by atoms with Crippen molar-refractivity contribution in [3.63, 3.8) is 0 Å². The molecule has 0 radical (unpaired) electrons. The van der Waals surface area contributed by atoms with E-state index in [1.807, 2.05) is 39.0 Å². The standard InChI is InChI=1S/C24H26N4O4S/c1-6-8-9-18(7-2)13-25-23(30)22-16(4)26-24(33-22)28-11-10-19(12-21(28)29)31-14-20-15(3)27-32-17(20)5/h6-12H,2,13-14H2,1,3-5H3,(H,25,30)/b8-6-,18-9+. The third-order valence-electron chi connectivity index (χ3n) is 4.87. The fourth-order valence-corrected chi connectivity index (χ4v) is 3.92. The summed E-state index contributed by atoms with van der Waals surface area (Å²) in [6, 6.07) is 3.06. The van der Waals surface area contributed by atoms with Crippen molar-refractivity contribution in [2.75, 3.05) is 6.54 Å². The van der Waals surface area contributed by atoms with E-state index in [2.05, 4.69) is 22.0 Å². The van der Waals surface area contributed by atoms with Gasteiger partial charge >= 0.3 is 0 Å². The molecule has 0 fully saturated rings. The quantitative estimate of drug-likeness (QED) is 0.475. The first-order chi connectivity index (χ1) is 15.8. The Hall–Kier alpha value is -3.72.